The Morgan fingerprint density at radius 3 is 2.00 bits per heavy atom. The molecule has 4 N–H and O–H groups in total. The summed E-state index contributed by atoms with van der Waals surface area (Å²) in [5.41, 5.74) is 14.6. The molecule has 0 spiro atoms. The van der Waals surface area contributed by atoms with Gasteiger partial charge in [0.15, 0.2) is 0 Å². The Bertz CT molecular complexity index is 657. The molecule has 0 amide bonds. The number of nitrogens with two attached hydrogens (primary N) is 2. The van der Waals surface area contributed by atoms with Crippen LogP contribution in [0.3, 0.4) is 0 Å². The van der Waals surface area contributed by atoms with Crippen LogP contribution in [0.1, 0.15) is 17.5 Å². The molecule has 2 aromatic carbocycles. The lowest BCUT2D eigenvalue weighted by Crippen LogP contribution is -2.35. The van der Waals surface area contributed by atoms with Crippen molar-refractivity contribution in [1.29, 1.82) is 0 Å². The molecule has 2 heteroatoms. The van der Waals surface area contributed by atoms with Crippen molar-refractivity contribution in [2.45, 2.75) is 12.0 Å². The predicted molar refractivity (Wildman–Crippen MR) is 94.9 cm³/mol. The van der Waals surface area contributed by atoms with Crippen LogP contribution in [0, 0.1) is 0 Å². The molecule has 2 nitrogen and oxygen atoms in total. The van der Waals surface area contributed by atoms with Crippen LogP contribution in [0.2, 0.25) is 0 Å². The van der Waals surface area contributed by atoms with Gasteiger partial charge in [0, 0.05) is 5.70 Å². The van der Waals surface area contributed by atoms with Gasteiger partial charge in [-0.05, 0) is 23.6 Å². The van der Waals surface area contributed by atoms with Crippen molar-refractivity contribution < 1.29 is 0 Å². The highest BCUT2D eigenvalue weighted by Gasteiger charge is 2.24. The fourth-order valence-electron chi connectivity index (χ4n) is 2.22. The van der Waals surface area contributed by atoms with E-state index in [1.54, 1.807) is 0 Å². The molecule has 0 fully saturated rings. The average molecular weight is 290 g/mol. The standard InChI is InChI=1S/C12H14N2.C8H8/c13-11-6-8-12(14,9-7-11)10-4-2-1-3-5-10;1-2-8-6-4-3-5-7-8/h1-8H,9,13-14H2;2-7H,1H2. The normalized spacial score (nSPS) is 19.6. The quantitative estimate of drug-likeness (QED) is 0.879. The van der Waals surface area contributed by atoms with Gasteiger partial charge in [-0.3, -0.25) is 0 Å². The van der Waals surface area contributed by atoms with E-state index in [1.165, 1.54) is 5.56 Å². The van der Waals surface area contributed by atoms with Crippen molar-refractivity contribution >= 4 is 6.08 Å². The molecule has 112 valence electrons. The highest BCUT2D eigenvalue weighted by Crippen LogP contribution is 2.27. The van der Waals surface area contributed by atoms with Crippen LogP contribution in [-0.2, 0) is 5.54 Å². The third-order valence-corrected chi connectivity index (χ3v) is 3.60. The van der Waals surface area contributed by atoms with Gasteiger partial charge in [0.2, 0.25) is 0 Å². The first-order valence-electron chi connectivity index (χ1n) is 7.31. The number of benzene rings is 2. The van der Waals surface area contributed by atoms with E-state index in [0.717, 1.165) is 17.7 Å². The molecule has 1 unspecified atom stereocenters. The number of hydrogen-bond acceptors (Lipinski definition) is 2. The summed E-state index contributed by atoms with van der Waals surface area (Å²) in [6.45, 7) is 3.63. The van der Waals surface area contributed by atoms with E-state index >= 15 is 0 Å². The van der Waals surface area contributed by atoms with Crippen LogP contribution in [0.4, 0.5) is 0 Å². The van der Waals surface area contributed by atoms with Gasteiger partial charge in [0.1, 0.15) is 0 Å². The van der Waals surface area contributed by atoms with E-state index in [9.17, 15) is 0 Å². The molecule has 0 saturated heterocycles. The molecule has 3 rings (SSSR count). The van der Waals surface area contributed by atoms with Crippen molar-refractivity contribution in [3.63, 3.8) is 0 Å². The molecule has 0 radical (unpaired) electrons. The monoisotopic (exact) mass is 290 g/mol. The Hall–Kier alpha value is -2.58. The van der Waals surface area contributed by atoms with Gasteiger partial charge < -0.3 is 11.5 Å². The average Bonchev–Trinajstić information content (AvgIpc) is 2.60. The van der Waals surface area contributed by atoms with E-state index in [4.69, 9.17) is 11.5 Å². The van der Waals surface area contributed by atoms with Crippen molar-refractivity contribution in [3.05, 3.63) is 102 Å². The summed E-state index contributed by atoms with van der Waals surface area (Å²) >= 11 is 0. The van der Waals surface area contributed by atoms with E-state index in [0.29, 0.717) is 0 Å². The Morgan fingerprint density at radius 2 is 1.55 bits per heavy atom. The first-order valence-corrected chi connectivity index (χ1v) is 7.31. The minimum absolute atomic E-state index is 0.385. The molecule has 0 bridgehead atoms. The summed E-state index contributed by atoms with van der Waals surface area (Å²) in [4.78, 5) is 0. The maximum atomic E-state index is 6.26. The Balaban J connectivity index is 0.000000188. The molecule has 0 heterocycles. The maximum Gasteiger partial charge on any atom is 0.0634 e. The lowest BCUT2D eigenvalue weighted by molar-refractivity contribution is 0.562. The molecule has 1 aliphatic rings. The van der Waals surface area contributed by atoms with Crippen molar-refractivity contribution in [3.8, 4) is 0 Å². The lowest BCUT2D eigenvalue weighted by atomic mass is 9.84. The highest BCUT2D eigenvalue weighted by atomic mass is 14.7. The van der Waals surface area contributed by atoms with E-state index in [-0.39, 0.29) is 5.54 Å². The van der Waals surface area contributed by atoms with Crippen LogP contribution in [-0.4, -0.2) is 0 Å². The van der Waals surface area contributed by atoms with Gasteiger partial charge in [0.25, 0.3) is 0 Å². The number of hydrogen-bond donors (Lipinski definition) is 2. The summed E-state index contributed by atoms with van der Waals surface area (Å²) in [5, 5.41) is 0. The Kier molecular flexibility index (Phi) is 5.34. The third kappa shape index (κ3) is 4.21. The Morgan fingerprint density at radius 1 is 0.955 bits per heavy atom. The summed E-state index contributed by atoms with van der Waals surface area (Å²) in [5.74, 6) is 0. The summed E-state index contributed by atoms with van der Waals surface area (Å²) < 4.78 is 0. The number of allylic oxidation sites excluding steroid dienone is 1. The van der Waals surface area contributed by atoms with Crippen LogP contribution >= 0.6 is 0 Å². The maximum absolute atomic E-state index is 6.26. The lowest BCUT2D eigenvalue weighted by Gasteiger charge is -2.27. The summed E-state index contributed by atoms with van der Waals surface area (Å²) in [7, 11) is 0. The van der Waals surface area contributed by atoms with Crippen LogP contribution in [0.5, 0.6) is 0 Å². The van der Waals surface area contributed by atoms with Crippen LogP contribution in [0.15, 0.2) is 91.2 Å². The topological polar surface area (TPSA) is 52.0 Å². The van der Waals surface area contributed by atoms with Gasteiger partial charge >= 0.3 is 0 Å². The van der Waals surface area contributed by atoms with Crippen molar-refractivity contribution in [1.82, 2.24) is 0 Å². The van der Waals surface area contributed by atoms with E-state index in [1.807, 2.05) is 85.0 Å². The van der Waals surface area contributed by atoms with Crippen molar-refractivity contribution in [2.24, 2.45) is 11.5 Å². The molecule has 1 atom stereocenters. The summed E-state index contributed by atoms with van der Waals surface area (Å²) in [6, 6.07) is 20.1. The van der Waals surface area contributed by atoms with Gasteiger partial charge in [-0.2, -0.15) is 0 Å². The predicted octanol–water partition coefficient (Wildman–Crippen LogP) is 3.97. The molecule has 1 aliphatic carbocycles. The SMILES string of the molecule is C=Cc1ccccc1.NC1=CCC(N)(c2ccccc2)C=C1. The zero-order chi connectivity index (χ0) is 15.8. The zero-order valence-corrected chi connectivity index (χ0v) is 12.7. The first-order chi connectivity index (χ1) is 10.6. The number of rotatable bonds is 2. The first kappa shape index (κ1) is 15.8. The highest BCUT2D eigenvalue weighted by molar-refractivity contribution is 5.45. The zero-order valence-electron chi connectivity index (χ0n) is 12.7. The van der Waals surface area contributed by atoms with E-state index < -0.39 is 0 Å². The van der Waals surface area contributed by atoms with Gasteiger partial charge in [-0.1, -0.05) is 85.5 Å². The minimum Gasteiger partial charge on any atom is -0.399 e. The minimum atomic E-state index is -0.385. The smallest absolute Gasteiger partial charge is 0.0634 e. The molecule has 0 aromatic heterocycles. The second-order valence-electron chi connectivity index (χ2n) is 5.26. The molecule has 2 aromatic rings. The van der Waals surface area contributed by atoms with Gasteiger partial charge in [-0.25, -0.2) is 0 Å². The fourth-order valence-corrected chi connectivity index (χ4v) is 2.22. The van der Waals surface area contributed by atoms with Crippen molar-refractivity contribution in [2.75, 3.05) is 0 Å². The summed E-state index contributed by atoms with van der Waals surface area (Å²) in [6.07, 6.45) is 8.40. The second kappa shape index (κ2) is 7.43. The van der Waals surface area contributed by atoms with Crippen LogP contribution < -0.4 is 11.5 Å². The van der Waals surface area contributed by atoms with Gasteiger partial charge in [-0.15, -0.1) is 0 Å². The molecular weight excluding hydrogens is 268 g/mol. The van der Waals surface area contributed by atoms with Gasteiger partial charge in [0.05, 0.1) is 5.54 Å². The van der Waals surface area contributed by atoms with Crippen LogP contribution in [0.25, 0.3) is 6.08 Å². The largest absolute Gasteiger partial charge is 0.399 e. The molecule has 22 heavy (non-hydrogen) atoms. The molecule has 0 aliphatic heterocycles. The fraction of sp³-hybridized carbons (Fsp3) is 0.100. The Labute approximate surface area is 132 Å². The van der Waals surface area contributed by atoms with E-state index in [2.05, 4.69) is 6.58 Å². The molecular formula is C20H22N2. The third-order valence-electron chi connectivity index (χ3n) is 3.60. The second-order valence-corrected chi connectivity index (χ2v) is 5.26. The molecule has 0 saturated carbocycles.